The summed E-state index contributed by atoms with van der Waals surface area (Å²) in [4.78, 5) is 2.01. The van der Waals surface area contributed by atoms with Crippen molar-refractivity contribution in [1.29, 1.82) is 5.26 Å². The summed E-state index contributed by atoms with van der Waals surface area (Å²) in [5.41, 5.74) is 3.68. The molecule has 0 aliphatic rings. The quantitative estimate of drug-likeness (QED) is 0.889. The molecule has 0 aliphatic carbocycles. The Morgan fingerprint density at radius 1 is 1.11 bits per heavy atom. The van der Waals surface area contributed by atoms with Gasteiger partial charge in [0.15, 0.2) is 0 Å². The van der Waals surface area contributed by atoms with Crippen molar-refractivity contribution in [2.45, 2.75) is 0 Å². The molecular weight excluding hydrogens is 222 g/mol. The van der Waals surface area contributed by atoms with Gasteiger partial charge >= 0.3 is 0 Å². The molecule has 3 nitrogen and oxygen atoms in total. The lowest BCUT2D eigenvalue weighted by Gasteiger charge is -2.21. The number of nitrogens with zero attached hydrogens (tertiary/aromatic N) is 2. The molecule has 0 spiro atoms. The Morgan fingerprint density at radius 3 is 2.61 bits per heavy atom. The highest BCUT2D eigenvalue weighted by atomic mass is 15.1. The molecule has 0 atom stereocenters. The van der Waals surface area contributed by atoms with Crippen LogP contribution in [-0.4, -0.2) is 14.1 Å². The van der Waals surface area contributed by atoms with Gasteiger partial charge in [-0.1, -0.05) is 18.2 Å². The van der Waals surface area contributed by atoms with Crippen LogP contribution >= 0.6 is 0 Å². The molecule has 2 rings (SSSR count). The predicted octanol–water partition coefficient (Wildman–Crippen LogP) is 3.37. The largest absolute Gasteiger partial charge is 0.388 e. The van der Waals surface area contributed by atoms with E-state index in [-0.39, 0.29) is 0 Å². The van der Waals surface area contributed by atoms with Gasteiger partial charge < -0.3 is 10.2 Å². The maximum atomic E-state index is 9.13. The van der Waals surface area contributed by atoms with E-state index in [4.69, 9.17) is 5.26 Å². The Kier molecular flexibility index (Phi) is 3.49. The van der Waals surface area contributed by atoms with Crippen molar-refractivity contribution in [3.63, 3.8) is 0 Å². The van der Waals surface area contributed by atoms with Crippen molar-refractivity contribution in [3.05, 3.63) is 54.1 Å². The summed E-state index contributed by atoms with van der Waals surface area (Å²) >= 11 is 0. The van der Waals surface area contributed by atoms with E-state index in [2.05, 4.69) is 11.4 Å². The van der Waals surface area contributed by atoms with E-state index >= 15 is 0 Å². The molecule has 0 aliphatic heterocycles. The lowest BCUT2D eigenvalue weighted by molar-refractivity contribution is 1.20. The van der Waals surface area contributed by atoms with Gasteiger partial charge in [0.25, 0.3) is 0 Å². The fourth-order valence-corrected chi connectivity index (χ4v) is 1.87. The summed E-state index contributed by atoms with van der Waals surface area (Å²) in [5, 5.41) is 12.2. The van der Waals surface area contributed by atoms with Crippen LogP contribution in [0.15, 0.2) is 48.5 Å². The average molecular weight is 237 g/mol. The molecule has 1 N–H and O–H groups in total. The molecule has 18 heavy (non-hydrogen) atoms. The second-order valence-electron chi connectivity index (χ2n) is 3.99. The molecule has 0 radical (unpaired) electrons. The van der Waals surface area contributed by atoms with Gasteiger partial charge in [-0.05, 0) is 30.3 Å². The van der Waals surface area contributed by atoms with Gasteiger partial charge in [0.05, 0.1) is 11.3 Å². The van der Waals surface area contributed by atoms with Crippen molar-refractivity contribution in [2.24, 2.45) is 0 Å². The molecule has 0 amide bonds. The highest BCUT2D eigenvalue weighted by Crippen LogP contribution is 2.28. The number of hydrogen-bond acceptors (Lipinski definition) is 3. The molecule has 2 aromatic rings. The molecule has 0 aromatic heterocycles. The fourth-order valence-electron chi connectivity index (χ4n) is 1.87. The lowest BCUT2D eigenvalue weighted by Crippen LogP contribution is -2.11. The summed E-state index contributed by atoms with van der Waals surface area (Å²) < 4.78 is 0. The Hall–Kier alpha value is -2.47. The van der Waals surface area contributed by atoms with Crippen LogP contribution in [0.1, 0.15) is 5.56 Å². The molecule has 2 aromatic carbocycles. The van der Waals surface area contributed by atoms with E-state index in [9.17, 15) is 0 Å². The van der Waals surface area contributed by atoms with Crippen LogP contribution in [0.4, 0.5) is 17.1 Å². The standard InChI is InChI=1S/C15H15N3/c1-17-13-7-5-8-14(10-13)18(2)15-9-4-3-6-12(15)11-16/h3-10,17H,1-2H3. The second-order valence-corrected chi connectivity index (χ2v) is 3.99. The monoisotopic (exact) mass is 237 g/mol. The van der Waals surface area contributed by atoms with E-state index in [0.717, 1.165) is 17.1 Å². The zero-order chi connectivity index (χ0) is 13.0. The van der Waals surface area contributed by atoms with E-state index < -0.39 is 0 Å². The first-order valence-corrected chi connectivity index (χ1v) is 5.77. The third-order valence-electron chi connectivity index (χ3n) is 2.91. The van der Waals surface area contributed by atoms with Crippen molar-refractivity contribution >= 4 is 17.1 Å². The van der Waals surface area contributed by atoms with Gasteiger partial charge in [0.1, 0.15) is 6.07 Å². The highest BCUT2D eigenvalue weighted by molar-refractivity contribution is 5.70. The van der Waals surface area contributed by atoms with Crippen LogP contribution in [-0.2, 0) is 0 Å². The van der Waals surface area contributed by atoms with Crippen molar-refractivity contribution in [3.8, 4) is 6.07 Å². The maximum absolute atomic E-state index is 9.13. The zero-order valence-corrected chi connectivity index (χ0v) is 10.5. The maximum Gasteiger partial charge on any atom is 0.101 e. The fraction of sp³-hybridized carbons (Fsp3) is 0.133. The van der Waals surface area contributed by atoms with Crippen molar-refractivity contribution in [2.75, 3.05) is 24.3 Å². The molecular formula is C15H15N3. The molecule has 0 heterocycles. The topological polar surface area (TPSA) is 39.1 Å². The molecule has 0 saturated carbocycles. The van der Waals surface area contributed by atoms with Crippen LogP contribution in [0.3, 0.4) is 0 Å². The molecule has 0 saturated heterocycles. The Labute approximate surface area is 107 Å². The highest BCUT2D eigenvalue weighted by Gasteiger charge is 2.08. The first-order chi connectivity index (χ1) is 8.76. The zero-order valence-electron chi connectivity index (χ0n) is 10.5. The normalized spacial score (nSPS) is 9.61. The summed E-state index contributed by atoms with van der Waals surface area (Å²) in [6, 6.07) is 17.9. The van der Waals surface area contributed by atoms with E-state index in [1.165, 1.54) is 0 Å². The number of benzene rings is 2. The molecule has 0 unspecified atom stereocenters. The summed E-state index contributed by atoms with van der Waals surface area (Å²) in [6.45, 7) is 0. The second kappa shape index (κ2) is 5.24. The van der Waals surface area contributed by atoms with Crippen LogP contribution in [0.25, 0.3) is 0 Å². The van der Waals surface area contributed by atoms with Crippen LogP contribution in [0.2, 0.25) is 0 Å². The number of nitrogens with one attached hydrogen (secondary N) is 1. The molecule has 0 fully saturated rings. The summed E-state index contributed by atoms with van der Waals surface area (Å²) in [5.74, 6) is 0. The smallest absolute Gasteiger partial charge is 0.101 e. The van der Waals surface area contributed by atoms with Crippen molar-refractivity contribution in [1.82, 2.24) is 0 Å². The first kappa shape index (κ1) is 12.0. The predicted molar refractivity (Wildman–Crippen MR) is 75.2 cm³/mol. The van der Waals surface area contributed by atoms with Crippen LogP contribution in [0.5, 0.6) is 0 Å². The minimum absolute atomic E-state index is 0.676. The minimum Gasteiger partial charge on any atom is -0.388 e. The minimum atomic E-state index is 0.676. The third-order valence-corrected chi connectivity index (χ3v) is 2.91. The van der Waals surface area contributed by atoms with E-state index in [1.54, 1.807) is 0 Å². The van der Waals surface area contributed by atoms with Gasteiger partial charge in [-0.15, -0.1) is 0 Å². The average Bonchev–Trinajstić information content (AvgIpc) is 2.46. The Balaban J connectivity index is 2.41. The lowest BCUT2D eigenvalue weighted by atomic mass is 10.1. The first-order valence-electron chi connectivity index (χ1n) is 5.77. The summed E-state index contributed by atoms with van der Waals surface area (Å²) in [6.07, 6.45) is 0. The van der Waals surface area contributed by atoms with Gasteiger partial charge in [-0.2, -0.15) is 5.26 Å². The van der Waals surface area contributed by atoms with Crippen LogP contribution < -0.4 is 10.2 Å². The van der Waals surface area contributed by atoms with E-state index in [0.29, 0.717) is 5.56 Å². The molecule has 90 valence electrons. The Morgan fingerprint density at radius 2 is 1.89 bits per heavy atom. The SMILES string of the molecule is CNc1cccc(N(C)c2ccccc2C#N)c1. The van der Waals surface area contributed by atoms with Gasteiger partial charge in [-0.25, -0.2) is 0 Å². The number of anilines is 3. The van der Waals surface area contributed by atoms with Crippen molar-refractivity contribution < 1.29 is 0 Å². The van der Waals surface area contributed by atoms with Gasteiger partial charge in [-0.3, -0.25) is 0 Å². The number of hydrogen-bond donors (Lipinski definition) is 1. The Bertz CT molecular complexity index is 584. The number of nitriles is 1. The summed E-state index contributed by atoms with van der Waals surface area (Å²) in [7, 11) is 3.85. The van der Waals surface area contributed by atoms with Gasteiger partial charge in [0, 0.05) is 25.5 Å². The molecule has 0 bridgehead atoms. The number of rotatable bonds is 3. The van der Waals surface area contributed by atoms with Gasteiger partial charge in [0.2, 0.25) is 0 Å². The third kappa shape index (κ3) is 2.28. The molecule has 3 heteroatoms. The van der Waals surface area contributed by atoms with Crippen LogP contribution in [0, 0.1) is 11.3 Å². The number of para-hydroxylation sites is 1. The van der Waals surface area contributed by atoms with E-state index in [1.807, 2.05) is 67.5 Å².